The maximum Gasteiger partial charge on any atom is 0.189 e. The highest BCUT2D eigenvalue weighted by Crippen LogP contribution is 2.19. The van der Waals surface area contributed by atoms with E-state index in [2.05, 4.69) is 62.8 Å². The van der Waals surface area contributed by atoms with E-state index in [0.29, 0.717) is 0 Å². The molecule has 0 aromatic heterocycles. The van der Waals surface area contributed by atoms with Crippen molar-refractivity contribution in [2.45, 2.75) is 105 Å². The van der Waals surface area contributed by atoms with E-state index in [4.69, 9.17) is 4.43 Å². The van der Waals surface area contributed by atoms with Crippen molar-refractivity contribution in [3.05, 3.63) is 0 Å². The summed E-state index contributed by atoms with van der Waals surface area (Å²) in [7, 11) is -1.47. The monoisotopic (exact) mass is 457 g/mol. The van der Waals surface area contributed by atoms with Crippen LogP contribution in [0.4, 0.5) is 0 Å². The molecule has 5 heteroatoms. The molecule has 4 nitrogen and oxygen atoms in total. The predicted molar refractivity (Wildman–Crippen MR) is 143 cm³/mol. The van der Waals surface area contributed by atoms with Crippen LogP contribution < -0.4 is 0 Å². The van der Waals surface area contributed by atoms with Crippen LogP contribution in [0.1, 0.15) is 86.5 Å². The van der Waals surface area contributed by atoms with Gasteiger partial charge in [-0.1, -0.05) is 34.6 Å². The maximum absolute atomic E-state index is 6.20. The SMILES string of the molecule is CCCN(CCC)CCCN(CCCN(CCC)CCC)CCC[Si](C)(CC)OCC. The summed E-state index contributed by atoms with van der Waals surface area (Å²) in [5.74, 6) is 0. The molecule has 0 radical (unpaired) electrons. The molecule has 0 aromatic rings. The summed E-state index contributed by atoms with van der Waals surface area (Å²) in [6.07, 6.45) is 9.00. The van der Waals surface area contributed by atoms with Crippen LogP contribution in [0.5, 0.6) is 0 Å². The van der Waals surface area contributed by atoms with E-state index >= 15 is 0 Å². The van der Waals surface area contributed by atoms with Crippen LogP contribution in [0.25, 0.3) is 0 Å². The van der Waals surface area contributed by atoms with Crippen molar-refractivity contribution < 1.29 is 4.43 Å². The summed E-state index contributed by atoms with van der Waals surface area (Å²) in [6.45, 7) is 28.3. The fourth-order valence-corrected chi connectivity index (χ4v) is 6.99. The second-order valence-corrected chi connectivity index (χ2v) is 14.0. The minimum absolute atomic E-state index is 0.885. The van der Waals surface area contributed by atoms with Gasteiger partial charge in [-0.2, -0.15) is 0 Å². The molecule has 0 N–H and O–H groups in total. The lowest BCUT2D eigenvalue weighted by Crippen LogP contribution is -2.37. The van der Waals surface area contributed by atoms with Crippen LogP contribution in [-0.2, 0) is 4.43 Å². The molecule has 0 aliphatic heterocycles. The molecule has 0 aliphatic rings. The molecule has 0 spiro atoms. The first-order valence-electron chi connectivity index (χ1n) is 13.8. The summed E-state index contributed by atoms with van der Waals surface area (Å²) >= 11 is 0. The summed E-state index contributed by atoms with van der Waals surface area (Å²) in [6, 6.07) is 2.55. The molecule has 0 amide bonds. The van der Waals surface area contributed by atoms with Crippen molar-refractivity contribution in [2.75, 3.05) is 65.5 Å². The van der Waals surface area contributed by atoms with Crippen molar-refractivity contribution in [2.24, 2.45) is 0 Å². The maximum atomic E-state index is 6.20. The van der Waals surface area contributed by atoms with Gasteiger partial charge < -0.3 is 19.1 Å². The van der Waals surface area contributed by atoms with Crippen LogP contribution in [0.15, 0.2) is 0 Å². The average Bonchev–Trinajstić information content (AvgIpc) is 2.74. The summed E-state index contributed by atoms with van der Waals surface area (Å²) < 4.78 is 6.20. The molecule has 0 aromatic carbocycles. The van der Waals surface area contributed by atoms with Gasteiger partial charge >= 0.3 is 0 Å². The smallest absolute Gasteiger partial charge is 0.189 e. The molecule has 0 rings (SSSR count). The highest BCUT2D eigenvalue weighted by molar-refractivity contribution is 6.72. The topological polar surface area (TPSA) is 19.0 Å². The second kappa shape index (κ2) is 20.6. The molecular weight excluding hydrogens is 398 g/mol. The Morgan fingerprint density at radius 2 is 0.871 bits per heavy atom. The van der Waals surface area contributed by atoms with Gasteiger partial charge in [0.25, 0.3) is 0 Å². The van der Waals surface area contributed by atoms with Gasteiger partial charge in [-0.3, -0.25) is 0 Å². The zero-order valence-corrected chi connectivity index (χ0v) is 23.7. The average molecular weight is 458 g/mol. The Balaban J connectivity index is 4.64. The predicted octanol–water partition coefficient (Wildman–Crippen LogP) is 6.33. The van der Waals surface area contributed by atoms with E-state index in [9.17, 15) is 0 Å². The van der Waals surface area contributed by atoms with E-state index in [-0.39, 0.29) is 0 Å². The van der Waals surface area contributed by atoms with Crippen LogP contribution in [-0.4, -0.2) is 88.5 Å². The van der Waals surface area contributed by atoms with Crippen molar-refractivity contribution in [3.8, 4) is 0 Å². The second-order valence-electron chi connectivity index (χ2n) is 9.57. The third-order valence-electron chi connectivity index (χ3n) is 6.48. The van der Waals surface area contributed by atoms with E-state index in [0.717, 1.165) is 6.61 Å². The minimum atomic E-state index is -1.47. The van der Waals surface area contributed by atoms with E-state index in [1.165, 1.54) is 116 Å². The molecule has 1 unspecified atom stereocenters. The highest BCUT2D eigenvalue weighted by atomic mass is 28.4. The standard InChI is InChI=1S/C26H59N3OSi/c1-8-17-27(18-9-2)21-14-23-29(24-15-22-28(19-10-3)20-11-4)25-16-26-31(7,13-6)30-12-5/h8-26H2,1-7H3. The van der Waals surface area contributed by atoms with E-state index in [1.54, 1.807) is 0 Å². The largest absolute Gasteiger partial charge is 0.417 e. The molecule has 31 heavy (non-hydrogen) atoms. The van der Waals surface area contributed by atoms with Gasteiger partial charge in [0.15, 0.2) is 8.32 Å². The van der Waals surface area contributed by atoms with Crippen LogP contribution in [0.2, 0.25) is 18.6 Å². The van der Waals surface area contributed by atoms with Crippen molar-refractivity contribution >= 4 is 8.32 Å². The van der Waals surface area contributed by atoms with Crippen LogP contribution >= 0.6 is 0 Å². The lowest BCUT2D eigenvalue weighted by Gasteiger charge is -2.29. The molecule has 0 aliphatic carbocycles. The van der Waals surface area contributed by atoms with Gasteiger partial charge in [-0.25, -0.2) is 0 Å². The number of hydrogen-bond acceptors (Lipinski definition) is 4. The third-order valence-corrected chi connectivity index (χ3v) is 10.4. The van der Waals surface area contributed by atoms with E-state index < -0.39 is 8.32 Å². The first-order valence-corrected chi connectivity index (χ1v) is 16.6. The Morgan fingerprint density at radius 3 is 1.19 bits per heavy atom. The normalized spacial score (nSPS) is 14.1. The molecule has 0 heterocycles. The van der Waals surface area contributed by atoms with Crippen molar-refractivity contribution in [1.82, 2.24) is 14.7 Å². The molecule has 0 bridgehead atoms. The molecule has 0 fully saturated rings. The Kier molecular flexibility index (Phi) is 20.7. The fourth-order valence-electron chi connectivity index (χ4n) is 4.68. The van der Waals surface area contributed by atoms with Gasteiger partial charge in [0.05, 0.1) is 0 Å². The Bertz CT molecular complexity index is 352. The van der Waals surface area contributed by atoms with Crippen molar-refractivity contribution in [3.63, 3.8) is 0 Å². The van der Waals surface area contributed by atoms with Gasteiger partial charge in [0.2, 0.25) is 0 Å². The van der Waals surface area contributed by atoms with Gasteiger partial charge in [0, 0.05) is 6.61 Å². The zero-order valence-electron chi connectivity index (χ0n) is 22.7. The molecule has 1 atom stereocenters. The number of rotatable bonds is 23. The first kappa shape index (κ1) is 31.1. The Labute approximate surface area is 198 Å². The Hall–Kier alpha value is 0.0569. The molecule has 0 saturated heterocycles. The van der Waals surface area contributed by atoms with Crippen LogP contribution in [0.3, 0.4) is 0 Å². The van der Waals surface area contributed by atoms with Crippen LogP contribution in [0, 0.1) is 0 Å². The number of nitrogens with zero attached hydrogens (tertiary/aromatic N) is 3. The Morgan fingerprint density at radius 1 is 0.516 bits per heavy atom. The van der Waals surface area contributed by atoms with Gasteiger partial charge in [0.1, 0.15) is 0 Å². The van der Waals surface area contributed by atoms with Crippen molar-refractivity contribution in [1.29, 1.82) is 0 Å². The quantitative estimate of drug-likeness (QED) is 0.167. The minimum Gasteiger partial charge on any atom is -0.417 e. The molecule has 0 saturated carbocycles. The van der Waals surface area contributed by atoms with Gasteiger partial charge in [-0.05, 0) is 129 Å². The summed E-state index contributed by atoms with van der Waals surface area (Å²) in [4.78, 5) is 8.10. The highest BCUT2D eigenvalue weighted by Gasteiger charge is 2.25. The first-order chi connectivity index (χ1) is 15.0. The lowest BCUT2D eigenvalue weighted by atomic mass is 10.2. The molecule has 188 valence electrons. The summed E-state index contributed by atoms with van der Waals surface area (Å²) in [5.41, 5.74) is 0. The fraction of sp³-hybridized carbons (Fsp3) is 1.00. The third kappa shape index (κ3) is 16.3. The number of hydrogen-bond donors (Lipinski definition) is 0. The lowest BCUT2D eigenvalue weighted by molar-refractivity contribution is 0.206. The molecular formula is C26H59N3OSi. The van der Waals surface area contributed by atoms with E-state index in [1.807, 2.05) is 0 Å². The zero-order chi connectivity index (χ0) is 23.4. The summed E-state index contributed by atoms with van der Waals surface area (Å²) in [5, 5.41) is 0. The van der Waals surface area contributed by atoms with Gasteiger partial charge in [-0.15, -0.1) is 0 Å².